The maximum Gasteiger partial charge on any atom is 0.130 e. The highest BCUT2D eigenvalue weighted by Gasteiger charge is 1.97. The molecule has 0 atom stereocenters. The Kier molecular flexibility index (Phi) is 3.29. The van der Waals surface area contributed by atoms with Gasteiger partial charge in [-0.25, -0.2) is 4.98 Å². The molecule has 0 saturated heterocycles. The van der Waals surface area contributed by atoms with E-state index in [0.717, 1.165) is 11.4 Å². The van der Waals surface area contributed by atoms with Gasteiger partial charge in [-0.15, -0.1) is 6.58 Å². The first-order chi connectivity index (χ1) is 5.88. The molecule has 0 unspecified atom stereocenters. The van der Waals surface area contributed by atoms with E-state index in [-0.39, 0.29) is 0 Å². The van der Waals surface area contributed by atoms with Crippen molar-refractivity contribution >= 4 is 5.82 Å². The lowest BCUT2D eigenvalue weighted by Crippen LogP contribution is -2.06. The van der Waals surface area contributed by atoms with Crippen LogP contribution in [0.15, 0.2) is 31.0 Å². The highest BCUT2D eigenvalue weighted by Crippen LogP contribution is 2.09. The first kappa shape index (κ1) is 8.74. The Morgan fingerprint density at radius 1 is 1.67 bits per heavy atom. The molecule has 1 aromatic heterocycles. The average Bonchev–Trinajstić information content (AvgIpc) is 2.15. The molecule has 0 amide bonds. The fourth-order valence-electron chi connectivity index (χ4n) is 0.931. The molecule has 1 heterocycles. The summed E-state index contributed by atoms with van der Waals surface area (Å²) in [4.78, 5) is 4.15. The highest BCUT2D eigenvalue weighted by atomic mass is 15.0. The zero-order chi connectivity index (χ0) is 8.81. The van der Waals surface area contributed by atoms with Gasteiger partial charge in [0.25, 0.3) is 0 Å². The number of hydrogen-bond donors (Lipinski definition) is 2. The predicted molar refractivity (Wildman–Crippen MR) is 50.8 cm³/mol. The number of hydrogen-bond acceptors (Lipinski definition) is 3. The SMILES string of the molecule is C=CCNc1ncccc1CN. The molecule has 0 aliphatic carbocycles. The average molecular weight is 163 g/mol. The lowest BCUT2D eigenvalue weighted by Gasteiger charge is -2.06. The zero-order valence-electron chi connectivity index (χ0n) is 6.96. The van der Waals surface area contributed by atoms with E-state index in [1.165, 1.54) is 0 Å². The summed E-state index contributed by atoms with van der Waals surface area (Å²) in [6.45, 7) is 4.83. The normalized spacial score (nSPS) is 9.42. The molecule has 0 saturated carbocycles. The van der Waals surface area contributed by atoms with Crippen LogP contribution in [0.25, 0.3) is 0 Å². The van der Waals surface area contributed by atoms with Gasteiger partial charge in [-0.3, -0.25) is 0 Å². The van der Waals surface area contributed by atoms with Crippen LogP contribution in [0.2, 0.25) is 0 Å². The molecule has 0 bridgehead atoms. The molecule has 3 heteroatoms. The Labute approximate surface area is 72.3 Å². The quantitative estimate of drug-likeness (QED) is 0.654. The van der Waals surface area contributed by atoms with Crippen LogP contribution in [0, 0.1) is 0 Å². The maximum atomic E-state index is 5.52. The number of rotatable bonds is 4. The minimum atomic E-state index is 0.507. The Balaban J connectivity index is 2.74. The lowest BCUT2D eigenvalue weighted by atomic mass is 10.2. The largest absolute Gasteiger partial charge is 0.366 e. The second-order valence-electron chi connectivity index (χ2n) is 2.38. The molecule has 3 nitrogen and oxygen atoms in total. The van der Waals surface area contributed by atoms with Crippen LogP contribution in [-0.2, 0) is 6.54 Å². The molecule has 0 aromatic carbocycles. The van der Waals surface area contributed by atoms with Gasteiger partial charge in [0.05, 0.1) is 0 Å². The highest BCUT2D eigenvalue weighted by molar-refractivity contribution is 5.43. The van der Waals surface area contributed by atoms with Gasteiger partial charge in [-0.2, -0.15) is 0 Å². The van der Waals surface area contributed by atoms with Gasteiger partial charge in [-0.1, -0.05) is 12.1 Å². The van der Waals surface area contributed by atoms with Crippen molar-refractivity contribution in [1.29, 1.82) is 0 Å². The van der Waals surface area contributed by atoms with E-state index in [0.29, 0.717) is 13.1 Å². The fraction of sp³-hybridized carbons (Fsp3) is 0.222. The van der Waals surface area contributed by atoms with Crippen LogP contribution in [0.4, 0.5) is 5.82 Å². The summed E-state index contributed by atoms with van der Waals surface area (Å²) in [5, 5.41) is 3.10. The van der Waals surface area contributed by atoms with Crippen molar-refractivity contribution in [2.75, 3.05) is 11.9 Å². The minimum absolute atomic E-state index is 0.507. The topological polar surface area (TPSA) is 50.9 Å². The van der Waals surface area contributed by atoms with Gasteiger partial charge in [0, 0.05) is 24.8 Å². The minimum Gasteiger partial charge on any atom is -0.366 e. The summed E-state index contributed by atoms with van der Waals surface area (Å²) in [5.74, 6) is 0.847. The molecule has 12 heavy (non-hydrogen) atoms. The molecular weight excluding hydrogens is 150 g/mol. The maximum absolute atomic E-state index is 5.52. The third-order valence-corrected chi connectivity index (χ3v) is 1.53. The number of nitrogens with zero attached hydrogens (tertiary/aromatic N) is 1. The van der Waals surface area contributed by atoms with Gasteiger partial charge < -0.3 is 11.1 Å². The van der Waals surface area contributed by atoms with Crippen molar-refractivity contribution in [1.82, 2.24) is 4.98 Å². The van der Waals surface area contributed by atoms with Crippen LogP contribution in [0.1, 0.15) is 5.56 Å². The standard InChI is InChI=1S/C9H13N3/c1-2-5-11-9-8(7-10)4-3-6-12-9/h2-4,6H,1,5,7,10H2,(H,11,12). The van der Waals surface area contributed by atoms with Crippen LogP contribution in [0.3, 0.4) is 0 Å². The number of aromatic nitrogens is 1. The number of anilines is 1. The van der Waals surface area contributed by atoms with E-state index in [1.807, 2.05) is 12.1 Å². The van der Waals surface area contributed by atoms with Gasteiger partial charge in [0.1, 0.15) is 5.82 Å². The van der Waals surface area contributed by atoms with Crippen molar-refractivity contribution in [2.45, 2.75) is 6.54 Å². The van der Waals surface area contributed by atoms with Crippen molar-refractivity contribution in [2.24, 2.45) is 5.73 Å². The Morgan fingerprint density at radius 3 is 3.17 bits per heavy atom. The Morgan fingerprint density at radius 2 is 2.50 bits per heavy atom. The Hall–Kier alpha value is -1.35. The summed E-state index contributed by atoms with van der Waals surface area (Å²) in [7, 11) is 0. The summed E-state index contributed by atoms with van der Waals surface area (Å²) >= 11 is 0. The molecule has 3 N–H and O–H groups in total. The van der Waals surface area contributed by atoms with E-state index >= 15 is 0 Å². The first-order valence-electron chi connectivity index (χ1n) is 3.87. The lowest BCUT2D eigenvalue weighted by molar-refractivity contribution is 1.04. The van der Waals surface area contributed by atoms with Gasteiger partial charge >= 0.3 is 0 Å². The second kappa shape index (κ2) is 4.51. The van der Waals surface area contributed by atoms with Crippen LogP contribution >= 0.6 is 0 Å². The fourth-order valence-corrected chi connectivity index (χ4v) is 0.931. The summed E-state index contributed by atoms with van der Waals surface area (Å²) in [5.41, 5.74) is 6.54. The molecule has 0 aliphatic heterocycles. The monoisotopic (exact) mass is 163 g/mol. The van der Waals surface area contributed by atoms with Gasteiger partial charge in [-0.05, 0) is 6.07 Å². The van der Waals surface area contributed by atoms with E-state index in [9.17, 15) is 0 Å². The molecule has 0 radical (unpaired) electrons. The van der Waals surface area contributed by atoms with E-state index in [1.54, 1.807) is 12.3 Å². The number of pyridine rings is 1. The zero-order valence-corrected chi connectivity index (χ0v) is 6.96. The number of nitrogens with one attached hydrogen (secondary N) is 1. The summed E-state index contributed by atoms with van der Waals surface area (Å²) in [6.07, 6.45) is 3.53. The molecule has 0 spiro atoms. The first-order valence-corrected chi connectivity index (χ1v) is 3.87. The molecule has 64 valence electrons. The molecule has 0 fully saturated rings. The van der Waals surface area contributed by atoms with Gasteiger partial charge in [0.15, 0.2) is 0 Å². The number of nitrogens with two attached hydrogens (primary N) is 1. The second-order valence-corrected chi connectivity index (χ2v) is 2.38. The van der Waals surface area contributed by atoms with Crippen LogP contribution in [-0.4, -0.2) is 11.5 Å². The van der Waals surface area contributed by atoms with Crippen molar-refractivity contribution in [3.8, 4) is 0 Å². The van der Waals surface area contributed by atoms with E-state index in [4.69, 9.17) is 5.73 Å². The predicted octanol–water partition coefficient (Wildman–Crippen LogP) is 1.14. The van der Waals surface area contributed by atoms with Crippen molar-refractivity contribution in [3.63, 3.8) is 0 Å². The molecule has 0 aliphatic rings. The smallest absolute Gasteiger partial charge is 0.130 e. The van der Waals surface area contributed by atoms with Crippen LogP contribution < -0.4 is 11.1 Å². The van der Waals surface area contributed by atoms with E-state index in [2.05, 4.69) is 16.9 Å². The third-order valence-electron chi connectivity index (χ3n) is 1.53. The van der Waals surface area contributed by atoms with Gasteiger partial charge in [0.2, 0.25) is 0 Å². The third kappa shape index (κ3) is 2.07. The molecular formula is C9H13N3. The summed E-state index contributed by atoms with van der Waals surface area (Å²) in [6, 6.07) is 3.83. The Bertz CT molecular complexity index is 258. The van der Waals surface area contributed by atoms with Crippen LogP contribution in [0.5, 0.6) is 0 Å². The molecule has 1 aromatic rings. The van der Waals surface area contributed by atoms with Crippen molar-refractivity contribution < 1.29 is 0 Å². The molecule has 1 rings (SSSR count). The summed E-state index contributed by atoms with van der Waals surface area (Å²) < 4.78 is 0. The van der Waals surface area contributed by atoms with Crippen molar-refractivity contribution in [3.05, 3.63) is 36.5 Å². The van der Waals surface area contributed by atoms with E-state index < -0.39 is 0 Å².